The minimum Gasteiger partial charge on any atom is -0.254 e. The fraction of sp³-hybridized carbons (Fsp3) is 1.00. The van der Waals surface area contributed by atoms with Gasteiger partial charge in [-0.2, -0.15) is 8.42 Å². The van der Waals surface area contributed by atoms with Crippen molar-refractivity contribution in [3.63, 3.8) is 0 Å². The van der Waals surface area contributed by atoms with E-state index in [2.05, 4.69) is 9.32 Å². The lowest BCUT2D eigenvalue weighted by atomic mass is 9.91. The van der Waals surface area contributed by atoms with Gasteiger partial charge in [0.15, 0.2) is 0 Å². The maximum Gasteiger partial charge on any atom is 0.333 e. The fourth-order valence-corrected chi connectivity index (χ4v) is 1.38. The smallest absolute Gasteiger partial charge is 0.254 e. The van der Waals surface area contributed by atoms with Gasteiger partial charge in [-0.05, 0) is 0 Å². The molecule has 0 bridgehead atoms. The topological polar surface area (TPSA) is 69.4 Å². The van der Waals surface area contributed by atoms with Gasteiger partial charge in [0.1, 0.15) is 0 Å². The van der Waals surface area contributed by atoms with Crippen molar-refractivity contribution < 1.29 is 21.4 Å². The third-order valence-electron chi connectivity index (χ3n) is 1.32. The molecular weight excluding hydrogens is 180 g/mol. The van der Waals surface area contributed by atoms with Crippen molar-refractivity contribution >= 4 is 10.3 Å². The van der Waals surface area contributed by atoms with Gasteiger partial charge in [-0.1, -0.05) is 0 Å². The van der Waals surface area contributed by atoms with Crippen LogP contribution in [0.4, 0.5) is 8.78 Å². The SMILES string of the molecule is NS(=O)(=O)OC1CC(F)(F)C1. The second kappa shape index (κ2) is 2.36. The first kappa shape index (κ1) is 8.82. The summed E-state index contributed by atoms with van der Waals surface area (Å²) in [5.41, 5.74) is 0. The van der Waals surface area contributed by atoms with Crippen molar-refractivity contribution in [2.45, 2.75) is 24.9 Å². The monoisotopic (exact) mass is 187 g/mol. The fourth-order valence-electron chi connectivity index (χ4n) is 0.864. The summed E-state index contributed by atoms with van der Waals surface area (Å²) in [5.74, 6) is -2.78. The van der Waals surface area contributed by atoms with Crippen molar-refractivity contribution in [2.24, 2.45) is 5.14 Å². The molecule has 2 N–H and O–H groups in total. The average molecular weight is 187 g/mol. The molecular formula is C4H7F2NO3S. The van der Waals surface area contributed by atoms with Gasteiger partial charge in [-0.15, -0.1) is 0 Å². The van der Waals surface area contributed by atoms with E-state index in [4.69, 9.17) is 0 Å². The molecule has 1 aliphatic carbocycles. The average Bonchev–Trinajstić information content (AvgIpc) is 1.53. The van der Waals surface area contributed by atoms with Crippen LogP contribution in [0.2, 0.25) is 0 Å². The summed E-state index contributed by atoms with van der Waals surface area (Å²) in [6, 6.07) is 0. The number of halogens is 2. The molecule has 1 rings (SSSR count). The Morgan fingerprint density at radius 2 is 1.91 bits per heavy atom. The van der Waals surface area contributed by atoms with Crippen LogP contribution in [0.25, 0.3) is 0 Å². The lowest BCUT2D eigenvalue weighted by Crippen LogP contribution is -2.43. The van der Waals surface area contributed by atoms with E-state index in [0.29, 0.717) is 0 Å². The summed E-state index contributed by atoms with van der Waals surface area (Å²) >= 11 is 0. The van der Waals surface area contributed by atoms with Gasteiger partial charge >= 0.3 is 10.3 Å². The molecule has 1 fully saturated rings. The van der Waals surface area contributed by atoms with Crippen molar-refractivity contribution in [2.75, 3.05) is 0 Å². The van der Waals surface area contributed by atoms with Crippen LogP contribution in [0.3, 0.4) is 0 Å². The van der Waals surface area contributed by atoms with Crippen molar-refractivity contribution in [1.82, 2.24) is 0 Å². The number of alkyl halides is 2. The molecule has 0 amide bonds. The quantitative estimate of drug-likeness (QED) is 0.661. The molecule has 0 unspecified atom stereocenters. The molecule has 1 aliphatic rings. The van der Waals surface area contributed by atoms with Gasteiger partial charge in [-0.3, -0.25) is 4.18 Å². The van der Waals surface area contributed by atoms with E-state index < -0.39 is 35.2 Å². The molecule has 0 aromatic rings. The second-order valence-electron chi connectivity index (χ2n) is 2.48. The maximum atomic E-state index is 12.0. The lowest BCUT2D eigenvalue weighted by molar-refractivity contribution is -0.132. The molecule has 0 aromatic carbocycles. The van der Waals surface area contributed by atoms with Crippen LogP contribution in [0.5, 0.6) is 0 Å². The summed E-state index contributed by atoms with van der Waals surface area (Å²) in [6.45, 7) is 0. The van der Waals surface area contributed by atoms with Crippen LogP contribution < -0.4 is 5.14 Å². The molecule has 0 atom stereocenters. The Kier molecular flexibility index (Phi) is 1.89. The van der Waals surface area contributed by atoms with Crippen molar-refractivity contribution in [3.8, 4) is 0 Å². The number of rotatable bonds is 2. The van der Waals surface area contributed by atoms with Crippen LogP contribution in [0.15, 0.2) is 0 Å². The molecule has 7 heteroatoms. The molecule has 4 nitrogen and oxygen atoms in total. The Bertz CT molecular complexity index is 242. The number of hydrogen-bond donors (Lipinski definition) is 1. The van der Waals surface area contributed by atoms with E-state index in [1.165, 1.54) is 0 Å². The third kappa shape index (κ3) is 2.68. The first-order valence-electron chi connectivity index (χ1n) is 2.87. The van der Waals surface area contributed by atoms with E-state index in [0.717, 1.165) is 0 Å². The van der Waals surface area contributed by atoms with Gasteiger partial charge in [0.2, 0.25) is 0 Å². The standard InChI is InChI=1S/C4H7F2NO3S/c5-4(6)1-3(2-4)10-11(7,8)9/h3H,1-2H2,(H2,7,8,9). The Hall–Kier alpha value is -0.270. The van der Waals surface area contributed by atoms with Crippen molar-refractivity contribution in [3.05, 3.63) is 0 Å². The zero-order valence-corrected chi connectivity index (χ0v) is 6.27. The molecule has 0 aromatic heterocycles. The third-order valence-corrected chi connectivity index (χ3v) is 1.86. The maximum absolute atomic E-state index is 12.0. The molecule has 0 heterocycles. The van der Waals surface area contributed by atoms with Gasteiger partial charge < -0.3 is 0 Å². The van der Waals surface area contributed by atoms with E-state index in [1.807, 2.05) is 0 Å². The molecule has 0 saturated heterocycles. The highest BCUT2D eigenvalue weighted by molar-refractivity contribution is 7.84. The van der Waals surface area contributed by atoms with E-state index in [9.17, 15) is 17.2 Å². The normalized spacial score (nSPS) is 24.6. The zero-order chi connectivity index (χ0) is 8.70. The Balaban J connectivity index is 2.36. The first-order valence-corrected chi connectivity index (χ1v) is 4.34. The van der Waals surface area contributed by atoms with Gasteiger partial charge in [-0.25, -0.2) is 13.9 Å². The largest absolute Gasteiger partial charge is 0.333 e. The highest BCUT2D eigenvalue weighted by Crippen LogP contribution is 2.39. The zero-order valence-electron chi connectivity index (χ0n) is 5.46. The van der Waals surface area contributed by atoms with Crippen LogP contribution in [-0.2, 0) is 14.5 Å². The second-order valence-corrected chi connectivity index (χ2v) is 3.65. The van der Waals surface area contributed by atoms with Crippen LogP contribution in [0.1, 0.15) is 12.8 Å². The van der Waals surface area contributed by atoms with Gasteiger partial charge in [0.05, 0.1) is 6.10 Å². The van der Waals surface area contributed by atoms with E-state index in [1.54, 1.807) is 0 Å². The first-order chi connectivity index (χ1) is 4.79. The van der Waals surface area contributed by atoms with Gasteiger partial charge in [0.25, 0.3) is 5.92 Å². The van der Waals surface area contributed by atoms with Crippen molar-refractivity contribution in [1.29, 1.82) is 0 Å². The van der Waals surface area contributed by atoms with Crippen LogP contribution in [0, 0.1) is 0 Å². The van der Waals surface area contributed by atoms with Gasteiger partial charge in [0, 0.05) is 12.8 Å². The minimum atomic E-state index is -4.07. The molecule has 0 spiro atoms. The molecule has 11 heavy (non-hydrogen) atoms. The van der Waals surface area contributed by atoms with Crippen LogP contribution >= 0.6 is 0 Å². The summed E-state index contributed by atoms with van der Waals surface area (Å²) < 4.78 is 48.5. The summed E-state index contributed by atoms with van der Waals surface area (Å²) in [4.78, 5) is 0. The van der Waals surface area contributed by atoms with E-state index in [-0.39, 0.29) is 0 Å². The van der Waals surface area contributed by atoms with E-state index >= 15 is 0 Å². The minimum absolute atomic E-state index is 0.566. The Morgan fingerprint density at radius 1 is 1.45 bits per heavy atom. The van der Waals surface area contributed by atoms with Crippen LogP contribution in [-0.4, -0.2) is 20.4 Å². The highest BCUT2D eigenvalue weighted by atomic mass is 32.2. The predicted octanol–water partition coefficient (Wildman–Crippen LogP) is 0.00420. The Morgan fingerprint density at radius 3 is 2.18 bits per heavy atom. The summed E-state index contributed by atoms with van der Waals surface area (Å²) in [6.07, 6.45) is -2.08. The molecule has 1 saturated carbocycles. The predicted molar refractivity (Wildman–Crippen MR) is 32.2 cm³/mol. The lowest BCUT2D eigenvalue weighted by Gasteiger charge is -2.33. The highest BCUT2D eigenvalue weighted by Gasteiger charge is 2.47. The summed E-state index contributed by atoms with van der Waals surface area (Å²) in [7, 11) is -4.07. The summed E-state index contributed by atoms with van der Waals surface area (Å²) in [5, 5.41) is 4.44. The number of nitrogens with two attached hydrogens (primary N) is 1. The molecule has 0 radical (unpaired) electrons. The number of hydrogen-bond acceptors (Lipinski definition) is 3. The molecule has 0 aliphatic heterocycles. The molecule has 66 valence electrons. The Labute approximate surface area is 62.6 Å².